The molecule has 0 aromatic rings. The molecule has 1 fully saturated rings. The summed E-state index contributed by atoms with van der Waals surface area (Å²) in [5.41, 5.74) is 0. The zero-order chi connectivity index (χ0) is 67.2. The topological polar surface area (TPSA) is 175 Å². The number of allylic oxidation sites excluding steroid dienone is 3. The van der Waals surface area contributed by atoms with Gasteiger partial charge in [-0.3, -0.25) is 9.59 Å². The lowest BCUT2D eigenvalue weighted by Gasteiger charge is -2.40. The van der Waals surface area contributed by atoms with Crippen molar-refractivity contribution in [1.29, 1.82) is 0 Å². The van der Waals surface area contributed by atoms with Crippen molar-refractivity contribution in [3.63, 3.8) is 0 Å². The third-order valence-corrected chi connectivity index (χ3v) is 19.8. The highest BCUT2D eigenvalue weighted by Crippen LogP contribution is 2.24. The van der Waals surface area contributed by atoms with Crippen molar-refractivity contribution >= 4 is 11.9 Å². The average molecular weight is 1320 g/mol. The summed E-state index contributed by atoms with van der Waals surface area (Å²) in [6.45, 7) is 4.38. The number of hydrogen-bond acceptors (Lipinski definition) is 10. The second-order valence-corrected chi connectivity index (χ2v) is 28.8. The molecule has 1 aliphatic rings. The summed E-state index contributed by atoms with van der Waals surface area (Å²) in [5.74, 6) is -0.163. The molecule has 93 heavy (non-hydrogen) atoms. The van der Waals surface area contributed by atoms with E-state index >= 15 is 0 Å². The Bertz CT molecular complexity index is 1590. The van der Waals surface area contributed by atoms with Crippen LogP contribution < -0.4 is 5.32 Å². The van der Waals surface area contributed by atoms with Gasteiger partial charge in [-0.2, -0.15) is 0 Å². The first-order valence-corrected chi connectivity index (χ1v) is 41.1. The Hall–Kier alpha value is -1.86. The quantitative estimate of drug-likeness (QED) is 0.0195. The molecule has 7 unspecified atom stereocenters. The summed E-state index contributed by atoms with van der Waals surface area (Å²) >= 11 is 0. The summed E-state index contributed by atoms with van der Waals surface area (Å²) in [5, 5.41) is 54.5. The Kier molecular flexibility index (Phi) is 68.5. The minimum absolute atomic E-state index is 0.0214. The SMILES string of the molecule is CCCCCCCC/C=C/CC/C=C/C(O)C(COC1OC(CO)C(O)C(O)C1O)NC(=O)CCCCCCCCCCCCCCCCCCCCCCCCCCCCCCCCCCCCCCCCCOC(=O)CCCCCCCCCCCCCCCC. The molecule has 0 saturated carbocycles. The molecule has 550 valence electrons. The summed E-state index contributed by atoms with van der Waals surface area (Å²) in [6.07, 6.45) is 82.4. The van der Waals surface area contributed by atoms with Crippen LogP contribution in [0.5, 0.6) is 0 Å². The van der Waals surface area contributed by atoms with Crippen LogP contribution in [0.3, 0.4) is 0 Å². The van der Waals surface area contributed by atoms with Crippen molar-refractivity contribution < 1.29 is 49.3 Å². The molecular weight excluding hydrogens is 1160 g/mol. The second kappa shape index (κ2) is 71.4. The lowest BCUT2D eigenvalue weighted by atomic mass is 9.99. The third kappa shape index (κ3) is 59.9. The second-order valence-electron chi connectivity index (χ2n) is 28.8. The van der Waals surface area contributed by atoms with Crippen molar-refractivity contribution in [3.8, 4) is 0 Å². The van der Waals surface area contributed by atoms with E-state index in [9.17, 15) is 35.1 Å². The first kappa shape index (κ1) is 89.2. The standard InChI is InChI=1S/C82H157NO10/c1-3-5-7-9-11-13-15-17-46-50-54-58-62-66-70-78(87)91-71-67-63-59-55-51-47-44-42-40-38-36-34-32-30-28-26-24-22-20-18-19-21-23-25-27-29-31-33-35-37-39-41-43-45-49-53-57-61-65-69-77(86)83-74(73-92-82-81(90)80(89)79(88)76(72-84)93-82)75(85)68-64-60-56-52-48-16-14-12-10-8-6-4-2/h48,52,64,68,74-76,79-82,84-85,88-90H,3-47,49-51,53-63,65-67,69-73H2,1-2H3,(H,83,86)/b52-48+,68-64+. The van der Waals surface area contributed by atoms with Gasteiger partial charge in [0.25, 0.3) is 0 Å². The van der Waals surface area contributed by atoms with Crippen LogP contribution in [0.1, 0.15) is 425 Å². The van der Waals surface area contributed by atoms with Crippen LogP contribution in [0, 0.1) is 0 Å². The fourth-order valence-electron chi connectivity index (χ4n) is 13.4. The molecular formula is C82H157NO10. The highest BCUT2D eigenvalue weighted by molar-refractivity contribution is 5.76. The Balaban J connectivity index is 1.86. The first-order chi connectivity index (χ1) is 45.7. The number of hydrogen-bond donors (Lipinski definition) is 6. The van der Waals surface area contributed by atoms with Crippen LogP contribution in [0.25, 0.3) is 0 Å². The van der Waals surface area contributed by atoms with Gasteiger partial charge in [-0.25, -0.2) is 0 Å². The zero-order valence-corrected chi connectivity index (χ0v) is 61.5. The molecule has 0 bridgehead atoms. The van der Waals surface area contributed by atoms with E-state index < -0.39 is 49.5 Å². The van der Waals surface area contributed by atoms with Crippen LogP contribution in [0.15, 0.2) is 24.3 Å². The summed E-state index contributed by atoms with van der Waals surface area (Å²) < 4.78 is 16.8. The van der Waals surface area contributed by atoms with Crippen molar-refractivity contribution in [2.75, 3.05) is 19.8 Å². The van der Waals surface area contributed by atoms with Crippen molar-refractivity contribution in [3.05, 3.63) is 24.3 Å². The smallest absolute Gasteiger partial charge is 0.305 e. The van der Waals surface area contributed by atoms with E-state index in [1.165, 1.54) is 347 Å². The number of aliphatic hydroxyl groups is 5. The Morgan fingerprint density at radius 2 is 0.699 bits per heavy atom. The van der Waals surface area contributed by atoms with Gasteiger partial charge in [0.2, 0.25) is 5.91 Å². The van der Waals surface area contributed by atoms with E-state index in [1.807, 2.05) is 6.08 Å². The number of esters is 1. The van der Waals surface area contributed by atoms with E-state index in [4.69, 9.17) is 14.2 Å². The molecule has 1 heterocycles. The van der Waals surface area contributed by atoms with Crippen LogP contribution >= 0.6 is 0 Å². The molecule has 0 aromatic carbocycles. The summed E-state index contributed by atoms with van der Waals surface area (Å²) in [4.78, 5) is 25.2. The van der Waals surface area contributed by atoms with E-state index in [0.717, 1.165) is 51.4 Å². The molecule has 1 rings (SSSR count). The van der Waals surface area contributed by atoms with Gasteiger partial charge in [-0.1, -0.05) is 391 Å². The van der Waals surface area contributed by atoms with Crippen molar-refractivity contribution in [2.45, 2.75) is 468 Å². The van der Waals surface area contributed by atoms with E-state index in [-0.39, 0.29) is 18.5 Å². The van der Waals surface area contributed by atoms with Gasteiger partial charge in [0.05, 0.1) is 32.0 Å². The Morgan fingerprint density at radius 1 is 0.387 bits per heavy atom. The van der Waals surface area contributed by atoms with Gasteiger partial charge < -0.3 is 45.1 Å². The van der Waals surface area contributed by atoms with Gasteiger partial charge in [0.15, 0.2) is 6.29 Å². The summed E-state index contributed by atoms with van der Waals surface area (Å²) in [6, 6.07) is -0.822. The number of aliphatic hydroxyl groups excluding tert-OH is 5. The maximum absolute atomic E-state index is 13.1. The van der Waals surface area contributed by atoms with E-state index in [2.05, 4.69) is 31.3 Å². The predicted molar refractivity (Wildman–Crippen MR) is 394 cm³/mol. The Morgan fingerprint density at radius 3 is 1.06 bits per heavy atom. The van der Waals surface area contributed by atoms with Gasteiger partial charge in [-0.15, -0.1) is 0 Å². The zero-order valence-electron chi connectivity index (χ0n) is 61.5. The molecule has 1 aliphatic heterocycles. The van der Waals surface area contributed by atoms with Crippen LogP contribution in [0.2, 0.25) is 0 Å². The largest absolute Gasteiger partial charge is 0.466 e. The van der Waals surface area contributed by atoms with Gasteiger partial charge in [0, 0.05) is 12.8 Å². The maximum Gasteiger partial charge on any atom is 0.305 e. The molecule has 0 aromatic heterocycles. The van der Waals surface area contributed by atoms with Crippen LogP contribution in [-0.2, 0) is 23.8 Å². The van der Waals surface area contributed by atoms with Gasteiger partial charge in [0.1, 0.15) is 24.4 Å². The number of amides is 1. The molecule has 11 heteroatoms. The highest BCUT2D eigenvalue weighted by Gasteiger charge is 2.44. The van der Waals surface area contributed by atoms with Gasteiger partial charge >= 0.3 is 5.97 Å². The highest BCUT2D eigenvalue weighted by atomic mass is 16.7. The molecule has 0 aliphatic carbocycles. The molecule has 7 atom stereocenters. The maximum atomic E-state index is 13.1. The van der Waals surface area contributed by atoms with E-state index in [1.54, 1.807) is 6.08 Å². The number of carbonyl (C=O) groups is 2. The van der Waals surface area contributed by atoms with Crippen LogP contribution in [0.4, 0.5) is 0 Å². The number of unbranched alkanes of at least 4 members (excludes halogenated alkanes) is 58. The van der Waals surface area contributed by atoms with E-state index in [0.29, 0.717) is 19.4 Å². The number of ether oxygens (including phenoxy) is 3. The predicted octanol–water partition coefficient (Wildman–Crippen LogP) is 22.3. The molecule has 0 spiro atoms. The van der Waals surface area contributed by atoms with Crippen molar-refractivity contribution in [2.24, 2.45) is 0 Å². The van der Waals surface area contributed by atoms with Crippen molar-refractivity contribution in [1.82, 2.24) is 5.32 Å². The average Bonchev–Trinajstić information content (AvgIpc) is 2.25. The molecule has 11 nitrogen and oxygen atoms in total. The first-order valence-electron chi connectivity index (χ1n) is 41.1. The molecule has 1 amide bonds. The minimum Gasteiger partial charge on any atom is -0.466 e. The van der Waals surface area contributed by atoms with Crippen LogP contribution in [-0.4, -0.2) is 100 Å². The van der Waals surface area contributed by atoms with Gasteiger partial charge in [-0.05, 0) is 44.9 Å². The number of nitrogens with one attached hydrogen (secondary N) is 1. The summed E-state index contributed by atoms with van der Waals surface area (Å²) in [7, 11) is 0. The Labute approximate surface area is 575 Å². The molecule has 0 radical (unpaired) electrons. The number of rotatable bonds is 74. The normalized spacial score (nSPS) is 17.5. The molecule has 1 saturated heterocycles. The minimum atomic E-state index is -1.57. The number of carbonyl (C=O) groups excluding carboxylic acids is 2. The fourth-order valence-corrected chi connectivity index (χ4v) is 13.4. The molecule has 6 N–H and O–H groups in total. The third-order valence-electron chi connectivity index (χ3n) is 19.8. The monoisotopic (exact) mass is 1320 g/mol. The lowest BCUT2D eigenvalue weighted by molar-refractivity contribution is -0.302. The lowest BCUT2D eigenvalue weighted by Crippen LogP contribution is -2.60. The fraction of sp³-hybridized carbons (Fsp3) is 0.927.